The number of nitrogens with zero attached hydrogens (tertiary/aromatic N) is 2. The number of anilines is 2. The van der Waals surface area contributed by atoms with Crippen molar-refractivity contribution in [2.75, 3.05) is 30.3 Å². The molecule has 2 fully saturated rings. The molecule has 0 bridgehead atoms. The lowest BCUT2D eigenvalue weighted by molar-refractivity contribution is -0.120. The molecule has 1 atom stereocenters. The summed E-state index contributed by atoms with van der Waals surface area (Å²) in [5, 5.41) is 3.13. The number of carbonyl (C=O) groups excluding carboxylic acids is 2. The van der Waals surface area contributed by atoms with Gasteiger partial charge >= 0.3 is 6.03 Å². The Bertz CT molecular complexity index is 475. The lowest BCUT2D eigenvalue weighted by Crippen LogP contribution is -2.51. The zero-order valence-corrected chi connectivity index (χ0v) is 9.80. The minimum absolute atomic E-state index is 0.169. The summed E-state index contributed by atoms with van der Waals surface area (Å²) in [5.74, 6) is -0.169. The second-order valence-electron chi connectivity index (χ2n) is 4.46. The number of nitrogens with one attached hydrogen (secondary N) is 1. The van der Waals surface area contributed by atoms with E-state index in [4.69, 9.17) is 5.73 Å². The third-order valence-corrected chi connectivity index (χ3v) is 3.34. The molecule has 2 aliphatic rings. The van der Waals surface area contributed by atoms with Crippen LogP contribution >= 0.6 is 0 Å². The van der Waals surface area contributed by atoms with Gasteiger partial charge in [-0.2, -0.15) is 0 Å². The van der Waals surface area contributed by atoms with Crippen LogP contribution in [-0.4, -0.2) is 42.5 Å². The molecule has 0 saturated carbocycles. The maximum Gasteiger partial charge on any atom is 0.332 e. The minimum Gasteiger partial charge on any atom is -0.399 e. The fraction of sp³-hybridized carbons (Fsp3) is 0.333. The number of nitrogen functional groups attached to an aromatic ring is 1. The van der Waals surface area contributed by atoms with Crippen molar-refractivity contribution in [3.63, 3.8) is 0 Å². The van der Waals surface area contributed by atoms with Crippen molar-refractivity contribution in [3.05, 3.63) is 24.3 Å². The Kier molecular flexibility index (Phi) is 2.45. The van der Waals surface area contributed by atoms with Crippen LogP contribution in [0.5, 0.6) is 0 Å². The molecule has 3 rings (SSSR count). The van der Waals surface area contributed by atoms with Gasteiger partial charge in [-0.3, -0.25) is 4.79 Å². The third-order valence-electron chi connectivity index (χ3n) is 3.34. The zero-order valence-electron chi connectivity index (χ0n) is 9.80. The molecule has 0 aliphatic carbocycles. The number of hydrogen-bond acceptors (Lipinski definition) is 4. The highest BCUT2D eigenvalue weighted by molar-refractivity contribution is 6.21. The molecule has 0 aromatic heterocycles. The zero-order chi connectivity index (χ0) is 12.7. The molecule has 6 nitrogen and oxygen atoms in total. The molecular formula is C12H14N4O2. The van der Waals surface area contributed by atoms with E-state index < -0.39 is 0 Å². The number of amides is 3. The second-order valence-corrected chi connectivity index (χ2v) is 4.46. The molecule has 1 unspecified atom stereocenters. The van der Waals surface area contributed by atoms with Crippen LogP contribution in [0.1, 0.15) is 0 Å². The molecule has 0 spiro atoms. The average Bonchev–Trinajstić information content (AvgIpc) is 2.64. The number of urea groups is 1. The van der Waals surface area contributed by atoms with Gasteiger partial charge in [-0.05, 0) is 24.3 Å². The summed E-state index contributed by atoms with van der Waals surface area (Å²) in [6.07, 6.45) is 0. The van der Waals surface area contributed by atoms with E-state index in [2.05, 4.69) is 5.32 Å². The van der Waals surface area contributed by atoms with Gasteiger partial charge in [0.2, 0.25) is 0 Å². The van der Waals surface area contributed by atoms with Crippen molar-refractivity contribution >= 4 is 23.3 Å². The van der Waals surface area contributed by atoms with Crippen LogP contribution in [0.3, 0.4) is 0 Å². The molecule has 2 saturated heterocycles. The Morgan fingerprint density at radius 2 is 1.94 bits per heavy atom. The Morgan fingerprint density at radius 1 is 1.22 bits per heavy atom. The van der Waals surface area contributed by atoms with E-state index in [-0.39, 0.29) is 18.0 Å². The van der Waals surface area contributed by atoms with Crippen molar-refractivity contribution in [2.45, 2.75) is 6.04 Å². The molecule has 3 N–H and O–H groups in total. The van der Waals surface area contributed by atoms with Crippen LogP contribution in [0.15, 0.2) is 24.3 Å². The number of benzene rings is 1. The molecular weight excluding hydrogens is 232 g/mol. The second kappa shape index (κ2) is 3.99. The summed E-state index contributed by atoms with van der Waals surface area (Å²) < 4.78 is 0. The predicted octanol–water partition coefficient (Wildman–Crippen LogP) is 0.00920. The topological polar surface area (TPSA) is 78.7 Å². The van der Waals surface area contributed by atoms with Gasteiger partial charge in [-0.25, -0.2) is 9.69 Å². The molecule has 0 radical (unpaired) electrons. The quantitative estimate of drug-likeness (QED) is 0.540. The van der Waals surface area contributed by atoms with Crippen LogP contribution in [0.4, 0.5) is 16.2 Å². The van der Waals surface area contributed by atoms with Gasteiger partial charge in [0, 0.05) is 25.3 Å². The number of fused-ring (bicyclic) bond motifs is 1. The van der Waals surface area contributed by atoms with E-state index in [1.165, 1.54) is 4.90 Å². The largest absolute Gasteiger partial charge is 0.399 e. The number of rotatable bonds is 1. The Labute approximate surface area is 104 Å². The number of nitrogens with two attached hydrogens (primary N) is 1. The van der Waals surface area contributed by atoms with Crippen LogP contribution < -0.4 is 16.0 Å². The van der Waals surface area contributed by atoms with E-state index in [9.17, 15) is 9.59 Å². The van der Waals surface area contributed by atoms with Gasteiger partial charge in [0.15, 0.2) is 0 Å². The lowest BCUT2D eigenvalue weighted by atomic mass is 10.2. The van der Waals surface area contributed by atoms with E-state index in [1.807, 2.05) is 0 Å². The van der Waals surface area contributed by atoms with Crippen LogP contribution in [0.2, 0.25) is 0 Å². The van der Waals surface area contributed by atoms with Crippen LogP contribution in [-0.2, 0) is 4.79 Å². The predicted molar refractivity (Wildman–Crippen MR) is 67.1 cm³/mol. The summed E-state index contributed by atoms with van der Waals surface area (Å²) in [6, 6.07) is 6.14. The molecule has 18 heavy (non-hydrogen) atoms. The first-order valence-corrected chi connectivity index (χ1v) is 5.89. The summed E-state index contributed by atoms with van der Waals surface area (Å²) in [4.78, 5) is 27.3. The summed E-state index contributed by atoms with van der Waals surface area (Å²) in [6.45, 7) is 1.82. The van der Waals surface area contributed by atoms with Gasteiger partial charge in [-0.15, -0.1) is 0 Å². The Balaban J connectivity index is 1.95. The SMILES string of the molecule is Nc1ccc(N2C(=O)C3CNCCN3C2=O)cc1. The summed E-state index contributed by atoms with van der Waals surface area (Å²) >= 11 is 0. The first-order chi connectivity index (χ1) is 8.68. The van der Waals surface area contributed by atoms with E-state index in [0.29, 0.717) is 24.5 Å². The van der Waals surface area contributed by atoms with Gasteiger partial charge in [0.25, 0.3) is 5.91 Å². The summed E-state index contributed by atoms with van der Waals surface area (Å²) in [7, 11) is 0. The van der Waals surface area contributed by atoms with Crippen molar-refractivity contribution < 1.29 is 9.59 Å². The molecule has 94 valence electrons. The lowest BCUT2D eigenvalue weighted by Gasteiger charge is -2.26. The van der Waals surface area contributed by atoms with Crippen molar-refractivity contribution in [1.82, 2.24) is 10.2 Å². The standard InChI is InChI=1S/C12H14N4O2/c13-8-1-3-9(4-2-8)16-11(17)10-7-14-5-6-15(10)12(16)18/h1-4,10,14H,5-7,13H2. The monoisotopic (exact) mass is 246 g/mol. The van der Waals surface area contributed by atoms with Crippen molar-refractivity contribution in [2.24, 2.45) is 0 Å². The number of hydrogen-bond donors (Lipinski definition) is 2. The maximum absolute atomic E-state index is 12.2. The number of imide groups is 1. The molecule has 3 amide bonds. The van der Waals surface area contributed by atoms with Crippen LogP contribution in [0, 0.1) is 0 Å². The van der Waals surface area contributed by atoms with E-state index in [0.717, 1.165) is 6.54 Å². The fourth-order valence-corrected chi connectivity index (χ4v) is 2.39. The Hall–Kier alpha value is -2.08. The highest BCUT2D eigenvalue weighted by Crippen LogP contribution is 2.26. The number of piperazine rings is 1. The normalized spacial score (nSPS) is 23.4. The highest BCUT2D eigenvalue weighted by Gasteiger charge is 2.46. The van der Waals surface area contributed by atoms with E-state index in [1.54, 1.807) is 29.2 Å². The number of carbonyl (C=O) groups is 2. The van der Waals surface area contributed by atoms with Gasteiger partial charge in [0.1, 0.15) is 6.04 Å². The molecule has 2 heterocycles. The van der Waals surface area contributed by atoms with Crippen molar-refractivity contribution in [1.29, 1.82) is 0 Å². The van der Waals surface area contributed by atoms with Gasteiger partial charge in [0.05, 0.1) is 5.69 Å². The molecule has 6 heteroatoms. The van der Waals surface area contributed by atoms with Gasteiger partial charge in [-0.1, -0.05) is 0 Å². The Morgan fingerprint density at radius 3 is 2.61 bits per heavy atom. The first kappa shape index (κ1) is 11.0. The van der Waals surface area contributed by atoms with Gasteiger partial charge < -0.3 is 16.0 Å². The highest BCUT2D eigenvalue weighted by atomic mass is 16.2. The smallest absolute Gasteiger partial charge is 0.332 e. The fourth-order valence-electron chi connectivity index (χ4n) is 2.39. The first-order valence-electron chi connectivity index (χ1n) is 5.89. The summed E-state index contributed by atoms with van der Waals surface area (Å²) in [5.41, 5.74) is 6.79. The molecule has 1 aromatic carbocycles. The van der Waals surface area contributed by atoms with Crippen LogP contribution in [0.25, 0.3) is 0 Å². The van der Waals surface area contributed by atoms with Crippen molar-refractivity contribution in [3.8, 4) is 0 Å². The molecule has 1 aromatic rings. The maximum atomic E-state index is 12.2. The van der Waals surface area contributed by atoms with E-state index >= 15 is 0 Å². The average molecular weight is 246 g/mol. The molecule has 2 aliphatic heterocycles. The third kappa shape index (κ3) is 1.53. The minimum atomic E-state index is -0.371.